The molecule has 1 rings (SSSR count). The predicted octanol–water partition coefficient (Wildman–Crippen LogP) is 4.07. The summed E-state index contributed by atoms with van der Waals surface area (Å²) in [5, 5.41) is 3.17. The van der Waals surface area contributed by atoms with Crippen LogP contribution >= 0.6 is 24.0 Å². The molecule has 0 radical (unpaired) electrons. The number of hydrogen-bond donors (Lipinski definition) is 2. The fourth-order valence-electron chi connectivity index (χ4n) is 2.19. The third kappa shape index (κ3) is 8.98. The molecule has 4 nitrogen and oxygen atoms in total. The van der Waals surface area contributed by atoms with Crippen LogP contribution in [0.4, 0.5) is 4.39 Å². The summed E-state index contributed by atoms with van der Waals surface area (Å²) in [5.41, 5.74) is 6.63. The van der Waals surface area contributed by atoms with Gasteiger partial charge < -0.3 is 15.8 Å². The highest BCUT2D eigenvalue weighted by atomic mass is 127. The van der Waals surface area contributed by atoms with Crippen LogP contribution in [0, 0.1) is 11.7 Å². The van der Waals surface area contributed by atoms with E-state index >= 15 is 0 Å². The summed E-state index contributed by atoms with van der Waals surface area (Å²) in [5.74, 6) is 0.970. The fraction of sp³-hybridized carbons (Fsp3) is 0.588. The zero-order valence-electron chi connectivity index (χ0n) is 14.4. The van der Waals surface area contributed by atoms with Gasteiger partial charge >= 0.3 is 0 Å². The van der Waals surface area contributed by atoms with Gasteiger partial charge in [-0.3, -0.25) is 0 Å². The first kappa shape index (κ1) is 21.9. The molecule has 0 aliphatic heterocycles. The van der Waals surface area contributed by atoms with Crippen molar-refractivity contribution in [2.75, 3.05) is 7.11 Å². The maximum Gasteiger partial charge on any atom is 0.189 e. The first-order chi connectivity index (χ1) is 10.4. The van der Waals surface area contributed by atoms with E-state index in [0.717, 1.165) is 17.9 Å². The number of nitrogens with two attached hydrogens (primary N) is 1. The quantitative estimate of drug-likeness (QED) is 0.366. The van der Waals surface area contributed by atoms with Gasteiger partial charge in [0.2, 0.25) is 0 Å². The highest BCUT2D eigenvalue weighted by Gasteiger charge is 2.05. The molecular formula is C17H29FIN3O. The van der Waals surface area contributed by atoms with Gasteiger partial charge in [0.15, 0.2) is 17.5 Å². The second-order valence-electron chi connectivity index (χ2n) is 6.04. The van der Waals surface area contributed by atoms with E-state index in [1.165, 1.54) is 26.0 Å². The molecule has 1 unspecified atom stereocenters. The molecule has 3 N–H and O–H groups in total. The van der Waals surface area contributed by atoms with E-state index in [1.54, 1.807) is 12.1 Å². The molecule has 132 valence electrons. The molecule has 1 aromatic rings. The van der Waals surface area contributed by atoms with Crippen molar-refractivity contribution in [2.24, 2.45) is 16.6 Å². The molecule has 0 bridgehead atoms. The summed E-state index contributed by atoms with van der Waals surface area (Å²) in [4.78, 5) is 4.25. The van der Waals surface area contributed by atoms with Gasteiger partial charge in [0.1, 0.15) is 0 Å². The van der Waals surface area contributed by atoms with Crippen LogP contribution in [-0.2, 0) is 6.54 Å². The van der Waals surface area contributed by atoms with Crippen molar-refractivity contribution < 1.29 is 9.13 Å². The lowest BCUT2D eigenvalue weighted by Crippen LogP contribution is -2.38. The van der Waals surface area contributed by atoms with Gasteiger partial charge in [-0.15, -0.1) is 24.0 Å². The standard InChI is InChI=1S/C17H28FN3O.HI/c1-12(2)6-5-7-13(3)21-17(19)20-11-14-8-9-16(22-4)15(18)10-14;/h8-10,12-13H,5-7,11H2,1-4H3,(H3,19,20,21);1H. The number of halogens is 2. The Hall–Kier alpha value is -1.05. The van der Waals surface area contributed by atoms with Gasteiger partial charge in [0.25, 0.3) is 0 Å². The van der Waals surface area contributed by atoms with E-state index in [9.17, 15) is 4.39 Å². The van der Waals surface area contributed by atoms with Crippen LogP contribution in [0.15, 0.2) is 23.2 Å². The number of hydrogen-bond acceptors (Lipinski definition) is 2. The Balaban J connectivity index is 0.00000484. The number of rotatable bonds is 8. The molecule has 0 amide bonds. The number of nitrogens with one attached hydrogen (secondary N) is 1. The molecule has 6 heteroatoms. The largest absolute Gasteiger partial charge is 0.494 e. The minimum atomic E-state index is -0.385. The van der Waals surface area contributed by atoms with E-state index in [1.807, 2.05) is 0 Å². The van der Waals surface area contributed by atoms with Gasteiger partial charge in [0.05, 0.1) is 13.7 Å². The molecule has 1 atom stereocenters. The van der Waals surface area contributed by atoms with Gasteiger partial charge in [-0.05, 0) is 37.0 Å². The van der Waals surface area contributed by atoms with Crippen LogP contribution in [0.2, 0.25) is 0 Å². The van der Waals surface area contributed by atoms with Crippen LogP contribution in [0.1, 0.15) is 45.6 Å². The van der Waals surface area contributed by atoms with Crippen LogP contribution in [0.25, 0.3) is 0 Å². The van der Waals surface area contributed by atoms with Crippen molar-refractivity contribution in [2.45, 2.75) is 52.6 Å². The molecule has 0 aliphatic carbocycles. The second kappa shape index (κ2) is 11.5. The minimum absolute atomic E-state index is 0. The van der Waals surface area contributed by atoms with Gasteiger partial charge in [-0.25, -0.2) is 9.38 Å². The molecule has 23 heavy (non-hydrogen) atoms. The van der Waals surface area contributed by atoms with E-state index in [4.69, 9.17) is 10.5 Å². The summed E-state index contributed by atoms with van der Waals surface area (Å²) in [6.07, 6.45) is 3.45. The molecule has 0 saturated carbocycles. The highest BCUT2D eigenvalue weighted by Crippen LogP contribution is 2.18. The molecular weight excluding hydrogens is 408 g/mol. The molecule has 0 fully saturated rings. The number of nitrogens with zero attached hydrogens (tertiary/aromatic N) is 1. The van der Waals surface area contributed by atoms with Crippen molar-refractivity contribution in [3.8, 4) is 5.75 Å². The van der Waals surface area contributed by atoms with Crippen molar-refractivity contribution in [1.82, 2.24) is 5.32 Å². The van der Waals surface area contributed by atoms with Crippen molar-refractivity contribution >= 4 is 29.9 Å². The van der Waals surface area contributed by atoms with Crippen molar-refractivity contribution in [1.29, 1.82) is 0 Å². The molecule has 0 aliphatic rings. The zero-order valence-corrected chi connectivity index (χ0v) is 16.8. The van der Waals surface area contributed by atoms with Gasteiger partial charge in [0, 0.05) is 6.04 Å². The van der Waals surface area contributed by atoms with Crippen molar-refractivity contribution in [3.63, 3.8) is 0 Å². The lowest BCUT2D eigenvalue weighted by Gasteiger charge is -2.15. The summed E-state index contributed by atoms with van der Waals surface area (Å²) < 4.78 is 18.5. The number of benzene rings is 1. The third-order valence-corrected chi connectivity index (χ3v) is 3.46. The van der Waals surface area contributed by atoms with Crippen LogP contribution in [0.3, 0.4) is 0 Å². The Bertz CT molecular complexity index is 495. The summed E-state index contributed by atoms with van der Waals surface area (Å²) >= 11 is 0. The second-order valence-corrected chi connectivity index (χ2v) is 6.04. The molecule has 0 saturated heterocycles. The molecule has 0 heterocycles. The Morgan fingerprint density at radius 3 is 2.57 bits per heavy atom. The number of methoxy groups -OCH3 is 1. The molecule has 1 aromatic carbocycles. The number of ether oxygens (including phenoxy) is 1. The maximum absolute atomic E-state index is 13.6. The van der Waals surface area contributed by atoms with Gasteiger partial charge in [-0.1, -0.05) is 32.8 Å². The van der Waals surface area contributed by atoms with E-state index < -0.39 is 0 Å². The topological polar surface area (TPSA) is 59.6 Å². The first-order valence-electron chi connectivity index (χ1n) is 7.81. The Morgan fingerprint density at radius 2 is 2.00 bits per heavy atom. The van der Waals surface area contributed by atoms with Crippen LogP contribution < -0.4 is 15.8 Å². The third-order valence-electron chi connectivity index (χ3n) is 3.46. The summed E-state index contributed by atoms with van der Waals surface area (Å²) in [7, 11) is 1.44. The average Bonchev–Trinajstić information content (AvgIpc) is 2.44. The zero-order chi connectivity index (χ0) is 16.5. The number of aliphatic imine (C=N–C) groups is 1. The fourth-order valence-corrected chi connectivity index (χ4v) is 2.19. The smallest absolute Gasteiger partial charge is 0.189 e. The Kier molecular flexibility index (Phi) is 11.0. The Morgan fingerprint density at radius 1 is 1.30 bits per heavy atom. The Labute approximate surface area is 156 Å². The van der Waals surface area contributed by atoms with Gasteiger partial charge in [-0.2, -0.15) is 0 Å². The number of guanidine groups is 1. The van der Waals surface area contributed by atoms with Crippen LogP contribution in [0.5, 0.6) is 5.75 Å². The van der Waals surface area contributed by atoms with E-state index in [-0.39, 0.29) is 41.6 Å². The van der Waals surface area contributed by atoms with Crippen LogP contribution in [-0.4, -0.2) is 19.1 Å². The van der Waals surface area contributed by atoms with E-state index in [2.05, 4.69) is 31.1 Å². The first-order valence-corrected chi connectivity index (χ1v) is 7.81. The highest BCUT2D eigenvalue weighted by molar-refractivity contribution is 14.0. The lowest BCUT2D eigenvalue weighted by atomic mass is 10.0. The molecule has 0 aromatic heterocycles. The normalized spacial score (nSPS) is 12.7. The SMILES string of the molecule is COc1ccc(CN=C(N)NC(C)CCCC(C)C)cc1F.I. The van der Waals surface area contributed by atoms with Crippen molar-refractivity contribution in [3.05, 3.63) is 29.6 Å². The maximum atomic E-state index is 13.6. The summed E-state index contributed by atoms with van der Waals surface area (Å²) in [6.45, 7) is 6.89. The molecule has 0 spiro atoms. The predicted molar refractivity (Wildman–Crippen MR) is 105 cm³/mol. The minimum Gasteiger partial charge on any atom is -0.494 e. The summed E-state index contributed by atoms with van der Waals surface area (Å²) in [6, 6.07) is 5.08. The lowest BCUT2D eigenvalue weighted by molar-refractivity contribution is 0.386. The average molecular weight is 437 g/mol. The van der Waals surface area contributed by atoms with E-state index in [0.29, 0.717) is 12.5 Å². The monoisotopic (exact) mass is 437 g/mol.